The Morgan fingerprint density at radius 3 is 1.00 bits per heavy atom. The number of amides is 1. The molecule has 0 heterocycles. The first kappa shape index (κ1) is 76.1. The molecule has 0 aromatic heterocycles. The number of ether oxygens (including phenoxy) is 1. The Kier molecular flexibility index (Phi) is 65.9. The van der Waals surface area contributed by atoms with Crippen molar-refractivity contribution in [1.29, 1.82) is 0 Å². The van der Waals surface area contributed by atoms with E-state index in [1.807, 2.05) is 0 Å². The molecule has 0 aliphatic rings. The molecule has 0 fully saturated rings. The Morgan fingerprint density at radius 1 is 0.359 bits per heavy atom. The number of hydrogen-bond acceptors (Lipinski definition) is 5. The van der Waals surface area contributed by atoms with Crippen LogP contribution in [0.25, 0.3) is 0 Å². The lowest BCUT2D eigenvalue weighted by Gasteiger charge is -2.22. The smallest absolute Gasteiger partial charge is 0.305 e. The maximum atomic E-state index is 12.5. The van der Waals surface area contributed by atoms with Gasteiger partial charge in [0.05, 0.1) is 25.4 Å². The third-order valence-corrected chi connectivity index (χ3v) is 16.4. The molecule has 0 aromatic carbocycles. The lowest BCUT2D eigenvalue weighted by atomic mass is 10.0. The van der Waals surface area contributed by atoms with Gasteiger partial charge in [0.25, 0.3) is 0 Å². The van der Waals surface area contributed by atoms with Gasteiger partial charge < -0.3 is 20.3 Å². The monoisotopic (exact) mass is 1100 g/mol. The maximum Gasteiger partial charge on any atom is 0.305 e. The van der Waals surface area contributed by atoms with Crippen LogP contribution in [0.4, 0.5) is 0 Å². The van der Waals surface area contributed by atoms with Crippen LogP contribution in [-0.4, -0.2) is 47.4 Å². The molecule has 0 saturated carbocycles. The second-order valence-electron chi connectivity index (χ2n) is 24.2. The van der Waals surface area contributed by atoms with Gasteiger partial charge in [0.15, 0.2) is 0 Å². The van der Waals surface area contributed by atoms with Crippen molar-refractivity contribution in [2.24, 2.45) is 0 Å². The minimum atomic E-state index is -0.661. The van der Waals surface area contributed by atoms with Crippen LogP contribution in [0, 0.1) is 0 Å². The minimum absolute atomic E-state index is 0.00545. The van der Waals surface area contributed by atoms with E-state index in [9.17, 15) is 19.8 Å². The van der Waals surface area contributed by atoms with Crippen molar-refractivity contribution in [3.63, 3.8) is 0 Å². The van der Waals surface area contributed by atoms with E-state index >= 15 is 0 Å². The summed E-state index contributed by atoms with van der Waals surface area (Å²) < 4.78 is 5.49. The predicted molar refractivity (Wildman–Crippen MR) is 343 cm³/mol. The quantitative estimate of drug-likeness (QED) is 0.0320. The largest absolute Gasteiger partial charge is 0.466 e. The molecule has 6 heteroatoms. The Balaban J connectivity index is 3.33. The molecule has 0 saturated heterocycles. The molecular formula is C72H137NO5. The highest BCUT2D eigenvalue weighted by molar-refractivity contribution is 5.76. The molecular weight excluding hydrogens is 959 g/mol. The van der Waals surface area contributed by atoms with Crippen molar-refractivity contribution in [1.82, 2.24) is 5.32 Å². The van der Waals surface area contributed by atoms with E-state index in [1.54, 1.807) is 0 Å². The molecule has 0 aromatic rings. The van der Waals surface area contributed by atoms with Crippen LogP contribution < -0.4 is 5.32 Å². The molecule has 0 radical (unpaired) electrons. The predicted octanol–water partition coefficient (Wildman–Crippen LogP) is 22.7. The second-order valence-corrected chi connectivity index (χ2v) is 24.2. The van der Waals surface area contributed by atoms with Crippen molar-refractivity contribution in [3.8, 4) is 0 Å². The average Bonchev–Trinajstić information content (AvgIpc) is 3.44. The van der Waals surface area contributed by atoms with Gasteiger partial charge >= 0.3 is 5.97 Å². The van der Waals surface area contributed by atoms with Gasteiger partial charge in [-0.05, 0) is 83.5 Å². The molecule has 6 nitrogen and oxygen atoms in total. The van der Waals surface area contributed by atoms with Gasteiger partial charge in [-0.25, -0.2) is 0 Å². The van der Waals surface area contributed by atoms with E-state index in [2.05, 4.69) is 55.6 Å². The van der Waals surface area contributed by atoms with E-state index in [0.717, 1.165) is 51.4 Å². The molecule has 0 aliphatic heterocycles. The highest BCUT2D eigenvalue weighted by Gasteiger charge is 2.20. The van der Waals surface area contributed by atoms with Crippen molar-refractivity contribution in [2.75, 3.05) is 13.2 Å². The highest BCUT2D eigenvalue weighted by atomic mass is 16.5. The van der Waals surface area contributed by atoms with Gasteiger partial charge in [0.2, 0.25) is 5.91 Å². The van der Waals surface area contributed by atoms with Crippen molar-refractivity contribution >= 4 is 11.9 Å². The van der Waals surface area contributed by atoms with E-state index < -0.39 is 12.1 Å². The first-order valence-electron chi connectivity index (χ1n) is 35.2. The molecule has 3 N–H and O–H groups in total. The molecule has 460 valence electrons. The number of rotatable bonds is 66. The normalized spacial score (nSPS) is 12.7. The number of unbranched alkanes of at least 4 members (excludes halogenated alkanes) is 49. The molecule has 0 spiro atoms. The summed E-state index contributed by atoms with van der Waals surface area (Å²) in [5.41, 5.74) is 0. The fourth-order valence-corrected chi connectivity index (χ4v) is 11.0. The summed E-state index contributed by atoms with van der Waals surface area (Å²) in [6.07, 6.45) is 86.3. The van der Waals surface area contributed by atoms with Crippen molar-refractivity contribution < 1.29 is 24.5 Å². The van der Waals surface area contributed by atoms with Gasteiger partial charge in [0.1, 0.15) is 0 Å². The third-order valence-electron chi connectivity index (χ3n) is 16.4. The van der Waals surface area contributed by atoms with E-state index in [-0.39, 0.29) is 18.5 Å². The fourth-order valence-electron chi connectivity index (χ4n) is 11.0. The molecule has 0 aliphatic carbocycles. The van der Waals surface area contributed by atoms with Crippen LogP contribution >= 0.6 is 0 Å². The fraction of sp³-hybridized carbons (Fsp3) is 0.889. The van der Waals surface area contributed by atoms with Gasteiger partial charge in [-0.1, -0.05) is 326 Å². The zero-order valence-electron chi connectivity index (χ0n) is 52.7. The number of carbonyl (C=O) groups excluding carboxylic acids is 2. The molecule has 0 rings (SSSR count). The summed E-state index contributed by atoms with van der Waals surface area (Å²) >= 11 is 0. The first-order valence-corrected chi connectivity index (χ1v) is 35.2. The minimum Gasteiger partial charge on any atom is -0.466 e. The summed E-state index contributed by atoms with van der Waals surface area (Å²) in [5, 5.41) is 23.3. The maximum absolute atomic E-state index is 12.5. The summed E-state index contributed by atoms with van der Waals surface area (Å²) in [4.78, 5) is 24.6. The van der Waals surface area contributed by atoms with Crippen LogP contribution in [0.3, 0.4) is 0 Å². The van der Waals surface area contributed by atoms with Crippen LogP contribution in [0.5, 0.6) is 0 Å². The SMILES string of the molecule is CCCCCC/C=C\C/C=C\CCCCCCCC(=O)OCCCCCCCCCCCCCC/C=C\CCCCCCCCCCCCCCCCCCCC(=O)NC(CO)C(O)CCCCCCCCCCCCCC. The van der Waals surface area contributed by atoms with E-state index in [0.29, 0.717) is 25.9 Å². The molecule has 2 unspecified atom stereocenters. The molecule has 0 bridgehead atoms. The van der Waals surface area contributed by atoms with Crippen molar-refractivity contribution in [2.45, 2.75) is 398 Å². The second kappa shape index (κ2) is 67.6. The highest BCUT2D eigenvalue weighted by Crippen LogP contribution is 2.18. The average molecular weight is 1100 g/mol. The topological polar surface area (TPSA) is 95.9 Å². The number of nitrogens with one attached hydrogen (secondary N) is 1. The lowest BCUT2D eigenvalue weighted by Crippen LogP contribution is -2.45. The van der Waals surface area contributed by atoms with Crippen molar-refractivity contribution in [3.05, 3.63) is 36.5 Å². The van der Waals surface area contributed by atoms with E-state index in [4.69, 9.17) is 4.74 Å². The van der Waals surface area contributed by atoms with Crippen LogP contribution in [-0.2, 0) is 14.3 Å². The van der Waals surface area contributed by atoms with Crippen LogP contribution in [0.1, 0.15) is 386 Å². The zero-order chi connectivity index (χ0) is 56.4. The first-order chi connectivity index (χ1) is 38.5. The summed E-state index contributed by atoms with van der Waals surface area (Å²) in [7, 11) is 0. The Morgan fingerprint density at radius 2 is 0.641 bits per heavy atom. The molecule has 2 atom stereocenters. The zero-order valence-corrected chi connectivity index (χ0v) is 52.7. The van der Waals surface area contributed by atoms with Gasteiger partial charge in [-0.2, -0.15) is 0 Å². The van der Waals surface area contributed by atoms with E-state index in [1.165, 1.54) is 302 Å². The van der Waals surface area contributed by atoms with Gasteiger partial charge in [-0.15, -0.1) is 0 Å². The third kappa shape index (κ3) is 63.3. The molecule has 78 heavy (non-hydrogen) atoms. The Labute approximate surface area is 487 Å². The number of aliphatic hydroxyl groups excluding tert-OH is 2. The molecule has 1 amide bonds. The number of allylic oxidation sites excluding steroid dienone is 6. The number of esters is 1. The van der Waals surface area contributed by atoms with Crippen LogP contribution in [0.2, 0.25) is 0 Å². The number of carbonyl (C=O) groups is 2. The van der Waals surface area contributed by atoms with Crippen LogP contribution in [0.15, 0.2) is 36.5 Å². The summed E-state index contributed by atoms with van der Waals surface area (Å²) in [6, 6.07) is -0.538. The standard InChI is InChI=1S/C72H137NO5/c1-3-5-7-9-11-13-15-17-18-39-42-46-50-54-58-62-66-72(77)78-67-63-59-55-51-47-43-40-37-35-33-31-29-27-25-23-21-19-20-22-24-26-28-30-32-34-36-38-41-45-49-53-57-61-65-71(76)73-69(68-74)70(75)64-60-56-52-48-44-16-14-12-10-8-6-4-2/h13,15,18,23,25,39,69-70,74-75H,3-12,14,16-17,19-22,24,26-38,40-68H2,1-2H3,(H,73,76)/b15-13-,25-23-,39-18-. The summed E-state index contributed by atoms with van der Waals surface area (Å²) in [5.74, 6) is -0.0253. The lowest BCUT2D eigenvalue weighted by molar-refractivity contribution is -0.143. The Hall–Kier alpha value is -1.92. The van der Waals surface area contributed by atoms with Gasteiger partial charge in [-0.3, -0.25) is 9.59 Å². The Bertz CT molecular complexity index is 1260. The number of aliphatic hydroxyl groups is 2. The van der Waals surface area contributed by atoms with Gasteiger partial charge in [0, 0.05) is 12.8 Å². The summed E-state index contributed by atoms with van der Waals surface area (Å²) in [6.45, 7) is 4.95. The number of hydrogen-bond donors (Lipinski definition) is 3.